The zero-order valence-corrected chi connectivity index (χ0v) is 8.23. The van der Waals surface area contributed by atoms with Crippen molar-refractivity contribution in [1.82, 2.24) is 0 Å². The van der Waals surface area contributed by atoms with Gasteiger partial charge in [0, 0.05) is 11.3 Å². The Morgan fingerprint density at radius 3 is 2.92 bits per heavy atom. The molecule has 1 aliphatic rings. The van der Waals surface area contributed by atoms with E-state index < -0.39 is 0 Å². The lowest BCUT2D eigenvalue weighted by molar-refractivity contribution is 0.414. The second-order valence-corrected chi connectivity index (χ2v) is 3.57. The van der Waals surface area contributed by atoms with Gasteiger partial charge in [-0.05, 0) is 29.3 Å². The molecule has 0 atom stereocenters. The maximum Gasteiger partial charge on any atom is 0.119 e. The van der Waals surface area contributed by atoms with Crippen molar-refractivity contribution in [2.75, 3.05) is 7.11 Å². The number of fused-ring (bicyclic) bond motifs is 1. The van der Waals surface area contributed by atoms with Crippen LogP contribution in [0.4, 0.5) is 0 Å². The summed E-state index contributed by atoms with van der Waals surface area (Å²) >= 11 is 5.13. The lowest BCUT2D eigenvalue weighted by Crippen LogP contribution is -2.03. The Kier molecular flexibility index (Phi) is 2.15. The normalized spacial score (nSPS) is 14.1. The van der Waals surface area contributed by atoms with Gasteiger partial charge in [-0.3, -0.25) is 0 Å². The molecule has 1 nitrogen and oxygen atoms in total. The third-order valence-electron chi connectivity index (χ3n) is 2.17. The number of allylic oxidation sites excluding steroid dienone is 1. The van der Waals surface area contributed by atoms with Crippen molar-refractivity contribution in [3.63, 3.8) is 0 Å². The fraction of sp³-hybridized carbons (Fsp3) is 0.182. The predicted octanol–water partition coefficient (Wildman–Crippen LogP) is 2.63. The van der Waals surface area contributed by atoms with E-state index in [1.54, 1.807) is 7.11 Å². The van der Waals surface area contributed by atoms with E-state index in [9.17, 15) is 0 Å². The summed E-state index contributed by atoms with van der Waals surface area (Å²) in [7, 11) is 1.68. The third-order valence-corrected chi connectivity index (χ3v) is 2.45. The standard InChI is InChI=1S/C11H10OS/c1-12-10-4-2-9-7-11(13)5-3-8(9)6-10/h2-6H,7H2,1H3. The maximum atomic E-state index is 5.14. The summed E-state index contributed by atoms with van der Waals surface area (Å²) in [6, 6.07) is 6.08. The number of hydrogen-bond donors (Lipinski definition) is 0. The smallest absolute Gasteiger partial charge is 0.119 e. The molecule has 0 fully saturated rings. The average Bonchev–Trinajstić information content (AvgIpc) is 2.17. The summed E-state index contributed by atoms with van der Waals surface area (Å²) in [6.45, 7) is 0. The molecule has 0 spiro atoms. The summed E-state index contributed by atoms with van der Waals surface area (Å²) in [6.07, 6.45) is 4.91. The molecule has 0 N–H and O–H groups in total. The van der Waals surface area contributed by atoms with E-state index in [2.05, 4.69) is 6.07 Å². The van der Waals surface area contributed by atoms with Crippen LogP contribution in [0.1, 0.15) is 11.1 Å². The Morgan fingerprint density at radius 1 is 1.31 bits per heavy atom. The van der Waals surface area contributed by atoms with E-state index in [0.717, 1.165) is 17.0 Å². The van der Waals surface area contributed by atoms with Crippen molar-refractivity contribution in [2.45, 2.75) is 6.42 Å². The second kappa shape index (κ2) is 3.30. The Bertz CT molecular complexity index is 380. The van der Waals surface area contributed by atoms with Gasteiger partial charge < -0.3 is 4.74 Å². The molecule has 13 heavy (non-hydrogen) atoms. The van der Waals surface area contributed by atoms with Crippen LogP contribution in [0.3, 0.4) is 0 Å². The fourth-order valence-electron chi connectivity index (χ4n) is 1.45. The molecule has 0 heterocycles. The van der Waals surface area contributed by atoms with Crippen LogP contribution in [0, 0.1) is 0 Å². The predicted molar refractivity (Wildman–Crippen MR) is 58.3 cm³/mol. The summed E-state index contributed by atoms with van der Waals surface area (Å²) in [4.78, 5) is 0.998. The highest BCUT2D eigenvalue weighted by Crippen LogP contribution is 2.22. The first-order valence-corrected chi connectivity index (χ1v) is 4.58. The van der Waals surface area contributed by atoms with Crippen LogP contribution in [0.5, 0.6) is 5.75 Å². The summed E-state index contributed by atoms with van der Waals surface area (Å²) in [5.41, 5.74) is 2.50. The zero-order valence-electron chi connectivity index (χ0n) is 7.41. The number of thiocarbonyl (C=S) groups is 1. The molecular formula is C11H10OS. The molecule has 1 aromatic rings. The van der Waals surface area contributed by atoms with Gasteiger partial charge in [0.1, 0.15) is 5.75 Å². The average molecular weight is 190 g/mol. The van der Waals surface area contributed by atoms with Gasteiger partial charge in [-0.15, -0.1) is 0 Å². The Morgan fingerprint density at radius 2 is 2.15 bits per heavy atom. The monoisotopic (exact) mass is 190 g/mol. The van der Waals surface area contributed by atoms with E-state index in [-0.39, 0.29) is 0 Å². The minimum atomic E-state index is 0.880. The maximum absolute atomic E-state index is 5.14. The second-order valence-electron chi connectivity index (χ2n) is 3.04. The van der Waals surface area contributed by atoms with Crippen LogP contribution >= 0.6 is 12.2 Å². The minimum absolute atomic E-state index is 0.880. The first-order valence-electron chi connectivity index (χ1n) is 4.17. The van der Waals surface area contributed by atoms with Gasteiger partial charge >= 0.3 is 0 Å². The molecule has 0 aromatic heterocycles. The van der Waals surface area contributed by atoms with Gasteiger partial charge in [0.05, 0.1) is 7.11 Å². The van der Waals surface area contributed by atoms with Crippen LogP contribution in [0.25, 0.3) is 6.08 Å². The number of methoxy groups -OCH3 is 1. The lowest BCUT2D eigenvalue weighted by atomic mass is 9.97. The number of benzene rings is 1. The number of hydrogen-bond acceptors (Lipinski definition) is 2. The van der Waals surface area contributed by atoms with Crippen molar-refractivity contribution in [1.29, 1.82) is 0 Å². The molecule has 2 heteroatoms. The van der Waals surface area contributed by atoms with Crippen molar-refractivity contribution in [3.8, 4) is 5.75 Å². The summed E-state index contributed by atoms with van der Waals surface area (Å²) in [5, 5.41) is 0. The van der Waals surface area contributed by atoms with Gasteiger partial charge in [-0.1, -0.05) is 24.4 Å². The van der Waals surface area contributed by atoms with Crippen LogP contribution in [-0.2, 0) is 6.42 Å². The van der Waals surface area contributed by atoms with Crippen molar-refractivity contribution < 1.29 is 4.74 Å². The van der Waals surface area contributed by atoms with Crippen LogP contribution in [-0.4, -0.2) is 12.0 Å². The van der Waals surface area contributed by atoms with Gasteiger partial charge in [-0.25, -0.2) is 0 Å². The van der Waals surface area contributed by atoms with E-state index in [4.69, 9.17) is 17.0 Å². The Balaban J connectivity index is 2.45. The first-order chi connectivity index (χ1) is 6.29. The molecule has 0 saturated heterocycles. The highest BCUT2D eigenvalue weighted by Gasteiger charge is 2.07. The number of ether oxygens (including phenoxy) is 1. The molecule has 0 saturated carbocycles. The van der Waals surface area contributed by atoms with Gasteiger partial charge in [0.25, 0.3) is 0 Å². The first kappa shape index (κ1) is 8.45. The molecule has 0 radical (unpaired) electrons. The Hall–Kier alpha value is -1.15. The van der Waals surface area contributed by atoms with Gasteiger partial charge in [-0.2, -0.15) is 0 Å². The summed E-state index contributed by atoms with van der Waals surface area (Å²) in [5.74, 6) is 0.899. The van der Waals surface area contributed by atoms with Crippen molar-refractivity contribution in [3.05, 3.63) is 35.4 Å². The molecule has 0 unspecified atom stereocenters. The van der Waals surface area contributed by atoms with Gasteiger partial charge in [0.2, 0.25) is 0 Å². The zero-order chi connectivity index (χ0) is 9.26. The topological polar surface area (TPSA) is 9.23 Å². The van der Waals surface area contributed by atoms with Crippen LogP contribution in [0.2, 0.25) is 0 Å². The molecule has 0 aliphatic heterocycles. The van der Waals surface area contributed by atoms with E-state index >= 15 is 0 Å². The fourth-order valence-corrected chi connectivity index (χ4v) is 1.67. The largest absolute Gasteiger partial charge is 0.497 e. The SMILES string of the molecule is COc1ccc2c(c1)C=CC(=S)C2. The number of rotatable bonds is 1. The van der Waals surface area contributed by atoms with Crippen molar-refractivity contribution >= 4 is 23.2 Å². The molecule has 1 aromatic carbocycles. The molecule has 1 aliphatic carbocycles. The minimum Gasteiger partial charge on any atom is -0.497 e. The van der Waals surface area contributed by atoms with Crippen LogP contribution in [0.15, 0.2) is 24.3 Å². The molecule has 0 bridgehead atoms. The summed E-state index contributed by atoms with van der Waals surface area (Å²) < 4.78 is 5.14. The highest BCUT2D eigenvalue weighted by atomic mass is 32.1. The van der Waals surface area contributed by atoms with Gasteiger partial charge in [0.15, 0.2) is 0 Å². The Labute approximate surface area is 83.0 Å². The van der Waals surface area contributed by atoms with E-state index in [1.165, 1.54) is 11.1 Å². The molecular weight excluding hydrogens is 180 g/mol. The molecule has 66 valence electrons. The molecule has 0 amide bonds. The van der Waals surface area contributed by atoms with E-state index in [0.29, 0.717) is 0 Å². The quantitative estimate of drug-likeness (QED) is 0.630. The van der Waals surface area contributed by atoms with E-state index in [1.807, 2.05) is 24.3 Å². The lowest BCUT2D eigenvalue weighted by Gasteiger charge is -2.11. The molecule has 2 rings (SSSR count). The van der Waals surface area contributed by atoms with Crippen molar-refractivity contribution in [2.24, 2.45) is 0 Å². The third kappa shape index (κ3) is 1.63. The highest BCUT2D eigenvalue weighted by molar-refractivity contribution is 7.80. The van der Waals surface area contributed by atoms with Crippen LogP contribution < -0.4 is 4.74 Å².